The Kier molecular flexibility index (Phi) is 11.2. The second-order valence-electron chi connectivity index (χ2n) is 16.2. The third kappa shape index (κ3) is 8.59. The molecule has 0 nitrogen and oxygen atoms in total. The Bertz CT molecular complexity index is 3160. The minimum atomic E-state index is 1.03. The van der Waals surface area contributed by atoms with Crippen molar-refractivity contribution in [3.63, 3.8) is 0 Å². The van der Waals surface area contributed by atoms with Gasteiger partial charge in [0.05, 0.1) is 0 Å². The summed E-state index contributed by atoms with van der Waals surface area (Å²) in [6, 6.07) is 81.7. The molecule has 0 spiro atoms. The highest BCUT2D eigenvalue weighted by Gasteiger charge is 2.20. The van der Waals surface area contributed by atoms with Crippen LogP contribution in [0.3, 0.4) is 0 Å². The molecule has 64 heavy (non-hydrogen) atoms. The van der Waals surface area contributed by atoms with Gasteiger partial charge in [-0.25, -0.2) is 0 Å². The Morgan fingerprint density at radius 2 is 0.578 bits per heavy atom. The van der Waals surface area contributed by atoms with Gasteiger partial charge >= 0.3 is 0 Å². The molecule has 0 radical (unpaired) electrons. The van der Waals surface area contributed by atoms with Crippen molar-refractivity contribution >= 4 is 11.1 Å². The lowest BCUT2D eigenvalue weighted by molar-refractivity contribution is 1.50. The van der Waals surface area contributed by atoms with Gasteiger partial charge in [0.25, 0.3) is 0 Å². The highest BCUT2D eigenvalue weighted by atomic mass is 14.2. The molecule has 10 rings (SSSR count). The molecule has 0 amide bonds. The first-order valence-corrected chi connectivity index (χ1v) is 21.9. The number of rotatable bonds is 12. The molecule has 0 aliphatic heterocycles. The summed E-state index contributed by atoms with van der Waals surface area (Å²) >= 11 is 0. The fraction of sp³-hybridized carbons (Fsp3) is 0. The first-order chi connectivity index (χ1) is 31.6. The van der Waals surface area contributed by atoms with Gasteiger partial charge in [0.2, 0.25) is 0 Å². The van der Waals surface area contributed by atoms with Crippen LogP contribution in [-0.2, 0) is 0 Å². The molecular weight excluding hydrogens is 769 g/mol. The van der Waals surface area contributed by atoms with E-state index in [0.29, 0.717) is 0 Å². The third-order valence-corrected chi connectivity index (χ3v) is 12.0. The summed E-state index contributed by atoms with van der Waals surface area (Å²) < 4.78 is 0. The van der Waals surface area contributed by atoms with Crippen molar-refractivity contribution in [3.8, 4) is 77.9 Å². The Hall–Kier alpha value is -8.32. The Morgan fingerprint density at radius 3 is 0.922 bits per heavy atom. The lowest BCUT2D eigenvalue weighted by Crippen LogP contribution is -1.95. The van der Waals surface area contributed by atoms with E-state index >= 15 is 0 Å². The maximum absolute atomic E-state index is 4.11. The molecule has 0 aromatic heterocycles. The SMILES string of the molecule is C=C/C=C(\C=C)c1cccc(-c2cc(C(=C3C=C3)c3cc(-c4cccc(-c5ccccc5)c4)cc(-c4cccc(-c5ccccc5)c4)c3)cc(-c3cccc(-c4ccccc4)c3)c2)c1. The summed E-state index contributed by atoms with van der Waals surface area (Å²) in [6.45, 7) is 8.07. The van der Waals surface area contributed by atoms with E-state index in [0.717, 1.165) is 39.0 Å². The van der Waals surface area contributed by atoms with Crippen molar-refractivity contribution in [1.82, 2.24) is 0 Å². The van der Waals surface area contributed by atoms with Crippen molar-refractivity contribution in [2.45, 2.75) is 0 Å². The fourth-order valence-electron chi connectivity index (χ4n) is 8.73. The first kappa shape index (κ1) is 39.8. The topological polar surface area (TPSA) is 0 Å². The van der Waals surface area contributed by atoms with E-state index in [9.17, 15) is 0 Å². The van der Waals surface area contributed by atoms with E-state index in [4.69, 9.17) is 0 Å². The molecule has 1 aliphatic rings. The van der Waals surface area contributed by atoms with Gasteiger partial charge in [-0.05, 0) is 172 Å². The van der Waals surface area contributed by atoms with Gasteiger partial charge in [-0.2, -0.15) is 0 Å². The molecule has 0 atom stereocenters. The number of hydrogen-bond acceptors (Lipinski definition) is 0. The zero-order chi connectivity index (χ0) is 43.2. The van der Waals surface area contributed by atoms with Gasteiger partial charge in [-0.15, -0.1) is 0 Å². The maximum Gasteiger partial charge on any atom is -0.00380 e. The molecule has 0 N–H and O–H groups in total. The van der Waals surface area contributed by atoms with Crippen LogP contribution < -0.4 is 0 Å². The van der Waals surface area contributed by atoms with Crippen LogP contribution in [0.2, 0.25) is 0 Å². The molecule has 0 fully saturated rings. The van der Waals surface area contributed by atoms with E-state index in [-0.39, 0.29) is 0 Å². The zero-order valence-corrected chi connectivity index (χ0v) is 35.7. The van der Waals surface area contributed by atoms with Crippen LogP contribution in [0.15, 0.2) is 274 Å². The van der Waals surface area contributed by atoms with E-state index < -0.39 is 0 Å². The Morgan fingerprint density at radius 1 is 0.281 bits per heavy atom. The summed E-state index contributed by atoms with van der Waals surface area (Å²) in [6.07, 6.45) is 10.2. The molecule has 302 valence electrons. The molecule has 0 bridgehead atoms. The van der Waals surface area contributed by atoms with Crippen LogP contribution in [0.5, 0.6) is 0 Å². The van der Waals surface area contributed by atoms with Crippen LogP contribution in [0.1, 0.15) is 16.7 Å². The minimum absolute atomic E-state index is 1.03. The number of benzene rings is 9. The smallest absolute Gasteiger partial charge is 0.00380 e. The zero-order valence-electron chi connectivity index (χ0n) is 35.7. The molecule has 1 aliphatic carbocycles. The average Bonchev–Trinajstić information content (AvgIpc) is 4.22. The summed E-state index contributed by atoms with van der Waals surface area (Å²) in [7, 11) is 0. The summed E-state index contributed by atoms with van der Waals surface area (Å²) in [5, 5.41) is 0. The molecular formula is C64H46. The van der Waals surface area contributed by atoms with Gasteiger partial charge in [0, 0.05) is 0 Å². The van der Waals surface area contributed by atoms with Gasteiger partial charge in [0.1, 0.15) is 0 Å². The number of hydrogen-bond donors (Lipinski definition) is 0. The van der Waals surface area contributed by atoms with E-state index in [1.54, 1.807) is 0 Å². The van der Waals surface area contributed by atoms with E-state index in [1.165, 1.54) is 72.3 Å². The first-order valence-electron chi connectivity index (χ1n) is 21.9. The molecule has 0 heterocycles. The van der Waals surface area contributed by atoms with E-state index in [2.05, 4.69) is 250 Å². The van der Waals surface area contributed by atoms with E-state index in [1.807, 2.05) is 18.2 Å². The second-order valence-corrected chi connectivity index (χ2v) is 16.2. The van der Waals surface area contributed by atoms with Crippen molar-refractivity contribution in [3.05, 3.63) is 290 Å². The third-order valence-electron chi connectivity index (χ3n) is 12.0. The van der Waals surface area contributed by atoms with Crippen LogP contribution in [0.4, 0.5) is 0 Å². The monoisotopic (exact) mass is 814 g/mol. The maximum atomic E-state index is 4.11. The predicted molar refractivity (Wildman–Crippen MR) is 274 cm³/mol. The van der Waals surface area contributed by atoms with Crippen LogP contribution in [0.25, 0.3) is 89.0 Å². The lowest BCUT2D eigenvalue weighted by Gasteiger charge is -2.18. The standard InChI is InChI=1S/C64H46/c1-3-18-45(4-2)50-25-14-29-54(35-50)58-39-59(55-30-15-26-51(36-55)46-19-8-5-9-20-46)42-62(41-58)64(49-33-34-49)63-43-60(56-31-16-27-52(37-56)47-21-10-6-11-22-47)40-61(44-63)57-32-17-28-53(38-57)48-23-12-7-13-24-48/h3-44H,1-2H2/b45-18+. The van der Waals surface area contributed by atoms with Gasteiger partial charge in [0.15, 0.2) is 0 Å². The molecule has 9 aromatic rings. The van der Waals surface area contributed by atoms with Gasteiger partial charge in [-0.1, -0.05) is 207 Å². The normalized spacial score (nSPS) is 11.9. The van der Waals surface area contributed by atoms with Crippen molar-refractivity contribution in [2.24, 2.45) is 0 Å². The van der Waals surface area contributed by atoms with Crippen molar-refractivity contribution < 1.29 is 0 Å². The van der Waals surface area contributed by atoms with Crippen molar-refractivity contribution in [2.75, 3.05) is 0 Å². The highest BCUT2D eigenvalue weighted by Crippen LogP contribution is 2.42. The number of allylic oxidation sites excluding steroid dienone is 7. The predicted octanol–water partition coefficient (Wildman–Crippen LogP) is 17.5. The molecule has 9 aromatic carbocycles. The molecule has 0 saturated heterocycles. The van der Waals surface area contributed by atoms with Crippen LogP contribution in [-0.4, -0.2) is 0 Å². The second kappa shape index (κ2) is 18.0. The summed E-state index contributed by atoms with van der Waals surface area (Å²) in [5.74, 6) is 0. The van der Waals surface area contributed by atoms with Crippen LogP contribution >= 0.6 is 0 Å². The largest absolute Gasteiger partial charge is 0.0990 e. The minimum Gasteiger partial charge on any atom is -0.0990 e. The molecule has 0 heteroatoms. The quantitative estimate of drug-likeness (QED) is 0.108. The Labute approximate surface area is 377 Å². The van der Waals surface area contributed by atoms with Gasteiger partial charge in [-0.3, -0.25) is 0 Å². The van der Waals surface area contributed by atoms with Gasteiger partial charge < -0.3 is 0 Å². The summed E-state index contributed by atoms with van der Waals surface area (Å²) in [5.41, 5.74) is 23.3. The lowest BCUT2D eigenvalue weighted by atomic mass is 9.86. The van der Waals surface area contributed by atoms with Crippen LogP contribution in [0, 0.1) is 0 Å². The Balaban J connectivity index is 1.18. The summed E-state index contributed by atoms with van der Waals surface area (Å²) in [4.78, 5) is 0. The fourth-order valence-corrected chi connectivity index (χ4v) is 8.73. The molecule has 0 saturated carbocycles. The average molecular weight is 815 g/mol. The highest BCUT2D eigenvalue weighted by molar-refractivity contribution is 5.95. The van der Waals surface area contributed by atoms with Crippen molar-refractivity contribution in [1.29, 1.82) is 0 Å². The molecule has 0 unspecified atom stereocenters.